The summed E-state index contributed by atoms with van der Waals surface area (Å²) in [5.41, 5.74) is 8.10. The number of benzene rings is 1. The van der Waals surface area contributed by atoms with Gasteiger partial charge in [0.05, 0.1) is 4.47 Å². The van der Waals surface area contributed by atoms with Gasteiger partial charge in [0.2, 0.25) is 0 Å². The van der Waals surface area contributed by atoms with E-state index in [1.54, 1.807) is 0 Å². The van der Waals surface area contributed by atoms with Crippen LogP contribution in [0.1, 0.15) is 18.1 Å². The van der Waals surface area contributed by atoms with E-state index in [0.29, 0.717) is 19.8 Å². The van der Waals surface area contributed by atoms with Crippen molar-refractivity contribution in [2.24, 2.45) is 5.73 Å². The largest absolute Gasteiger partial charge is 0.486 e. The van der Waals surface area contributed by atoms with Gasteiger partial charge in [-0.3, -0.25) is 0 Å². The number of halogens is 1. The van der Waals surface area contributed by atoms with Gasteiger partial charge in [-0.05, 0) is 46.9 Å². The van der Waals surface area contributed by atoms with Gasteiger partial charge in [-0.2, -0.15) is 0 Å². The molecular weight excluding hydrogens is 270 g/mol. The predicted molar refractivity (Wildman–Crippen MR) is 67.3 cm³/mol. The van der Waals surface area contributed by atoms with Gasteiger partial charge in [-0.1, -0.05) is 6.92 Å². The normalized spacial score (nSPS) is 13.9. The molecule has 0 aliphatic carbocycles. The minimum Gasteiger partial charge on any atom is -0.486 e. The quantitative estimate of drug-likeness (QED) is 0.927. The molecule has 0 amide bonds. The Labute approximate surface area is 104 Å². The molecular formula is C12H16BrNO2. The van der Waals surface area contributed by atoms with Gasteiger partial charge in [0.25, 0.3) is 0 Å². The lowest BCUT2D eigenvalue weighted by Crippen LogP contribution is -2.18. The molecule has 88 valence electrons. The summed E-state index contributed by atoms with van der Waals surface area (Å²) in [7, 11) is 0. The van der Waals surface area contributed by atoms with Crippen molar-refractivity contribution in [3.8, 4) is 11.5 Å². The molecule has 1 aromatic rings. The van der Waals surface area contributed by atoms with Gasteiger partial charge in [-0.25, -0.2) is 0 Å². The Morgan fingerprint density at radius 3 is 2.62 bits per heavy atom. The number of nitrogens with two attached hydrogens (primary N) is 1. The van der Waals surface area contributed by atoms with Crippen LogP contribution in [0.3, 0.4) is 0 Å². The second-order valence-electron chi connectivity index (χ2n) is 3.74. The van der Waals surface area contributed by atoms with Crippen molar-refractivity contribution in [1.82, 2.24) is 0 Å². The first kappa shape index (κ1) is 11.7. The van der Waals surface area contributed by atoms with Crippen molar-refractivity contribution in [2.45, 2.75) is 19.8 Å². The zero-order valence-corrected chi connectivity index (χ0v) is 11.0. The molecule has 0 atom stereocenters. The summed E-state index contributed by atoms with van der Waals surface area (Å²) in [6.07, 6.45) is 1.81. The number of rotatable bonds is 3. The number of ether oxygens (including phenoxy) is 2. The molecule has 1 heterocycles. The first-order valence-electron chi connectivity index (χ1n) is 5.57. The molecule has 2 rings (SSSR count). The van der Waals surface area contributed by atoms with Gasteiger partial charge in [0, 0.05) is 5.56 Å². The molecule has 0 spiro atoms. The van der Waals surface area contributed by atoms with Crippen LogP contribution in [0.15, 0.2) is 10.5 Å². The van der Waals surface area contributed by atoms with E-state index in [4.69, 9.17) is 15.2 Å². The summed E-state index contributed by atoms with van der Waals surface area (Å²) in [5, 5.41) is 0. The fourth-order valence-corrected chi connectivity index (χ4v) is 2.61. The first-order valence-corrected chi connectivity index (χ1v) is 6.37. The maximum Gasteiger partial charge on any atom is 0.175 e. The zero-order valence-electron chi connectivity index (χ0n) is 9.38. The summed E-state index contributed by atoms with van der Waals surface area (Å²) in [6.45, 7) is 4.02. The maximum absolute atomic E-state index is 5.72. The van der Waals surface area contributed by atoms with Crippen LogP contribution in [-0.2, 0) is 12.8 Å². The van der Waals surface area contributed by atoms with Crippen molar-refractivity contribution in [1.29, 1.82) is 0 Å². The van der Waals surface area contributed by atoms with Crippen molar-refractivity contribution in [3.05, 3.63) is 21.7 Å². The van der Waals surface area contributed by atoms with E-state index < -0.39 is 0 Å². The Kier molecular flexibility index (Phi) is 3.71. The Bertz CT molecular complexity index is 393. The van der Waals surface area contributed by atoms with Crippen LogP contribution in [0.4, 0.5) is 0 Å². The predicted octanol–water partition coefficient (Wildman–Crippen LogP) is 2.28. The van der Waals surface area contributed by atoms with E-state index in [1.165, 1.54) is 11.1 Å². The molecule has 3 nitrogen and oxygen atoms in total. The molecule has 2 N–H and O–H groups in total. The Morgan fingerprint density at radius 1 is 1.31 bits per heavy atom. The lowest BCUT2D eigenvalue weighted by atomic mass is 10.0. The minimum absolute atomic E-state index is 0.616. The molecule has 0 aromatic heterocycles. The minimum atomic E-state index is 0.616. The fourth-order valence-electron chi connectivity index (χ4n) is 2.04. The Morgan fingerprint density at radius 2 is 2.00 bits per heavy atom. The molecule has 0 fully saturated rings. The molecule has 4 heteroatoms. The van der Waals surface area contributed by atoms with Gasteiger partial charge in [0.1, 0.15) is 13.2 Å². The second kappa shape index (κ2) is 5.06. The third kappa shape index (κ3) is 2.04. The van der Waals surface area contributed by atoms with E-state index in [-0.39, 0.29) is 0 Å². The van der Waals surface area contributed by atoms with Gasteiger partial charge in [-0.15, -0.1) is 0 Å². The summed E-state index contributed by atoms with van der Waals surface area (Å²) in [4.78, 5) is 0. The van der Waals surface area contributed by atoms with E-state index in [2.05, 4.69) is 28.9 Å². The molecule has 0 unspecified atom stereocenters. The number of fused-ring (bicyclic) bond motifs is 1. The topological polar surface area (TPSA) is 44.5 Å². The average molecular weight is 286 g/mol. The molecule has 1 aromatic carbocycles. The van der Waals surface area contributed by atoms with Crippen LogP contribution in [0.25, 0.3) is 0 Å². The van der Waals surface area contributed by atoms with E-state index in [9.17, 15) is 0 Å². The van der Waals surface area contributed by atoms with Crippen molar-refractivity contribution < 1.29 is 9.47 Å². The van der Waals surface area contributed by atoms with Gasteiger partial charge in [0.15, 0.2) is 11.5 Å². The van der Waals surface area contributed by atoms with Crippen molar-refractivity contribution in [3.63, 3.8) is 0 Å². The zero-order chi connectivity index (χ0) is 11.5. The fraction of sp³-hybridized carbons (Fsp3) is 0.500. The Balaban J connectivity index is 2.52. The third-order valence-corrected chi connectivity index (χ3v) is 3.32. The smallest absolute Gasteiger partial charge is 0.175 e. The molecule has 1 aliphatic rings. The van der Waals surface area contributed by atoms with Gasteiger partial charge < -0.3 is 15.2 Å². The Hall–Kier alpha value is -0.740. The van der Waals surface area contributed by atoms with E-state index in [0.717, 1.165) is 28.8 Å². The summed E-state index contributed by atoms with van der Waals surface area (Å²) >= 11 is 3.52. The summed E-state index contributed by atoms with van der Waals surface area (Å²) < 4.78 is 12.3. The van der Waals surface area contributed by atoms with Gasteiger partial charge >= 0.3 is 0 Å². The average Bonchev–Trinajstić information content (AvgIpc) is 2.30. The highest BCUT2D eigenvalue weighted by Crippen LogP contribution is 2.42. The summed E-state index contributed by atoms with van der Waals surface area (Å²) in [6, 6.07) is 2.10. The molecule has 1 aliphatic heterocycles. The number of hydrogen-bond donors (Lipinski definition) is 1. The molecule has 0 radical (unpaired) electrons. The van der Waals surface area contributed by atoms with Crippen LogP contribution in [0.5, 0.6) is 11.5 Å². The highest BCUT2D eigenvalue weighted by Gasteiger charge is 2.21. The van der Waals surface area contributed by atoms with E-state index >= 15 is 0 Å². The highest BCUT2D eigenvalue weighted by atomic mass is 79.9. The molecule has 0 saturated carbocycles. The third-order valence-electron chi connectivity index (χ3n) is 2.73. The van der Waals surface area contributed by atoms with Crippen LogP contribution >= 0.6 is 15.9 Å². The van der Waals surface area contributed by atoms with Crippen LogP contribution in [-0.4, -0.2) is 19.8 Å². The highest BCUT2D eigenvalue weighted by molar-refractivity contribution is 9.10. The van der Waals surface area contributed by atoms with Crippen molar-refractivity contribution in [2.75, 3.05) is 19.8 Å². The first-order chi connectivity index (χ1) is 7.77. The maximum atomic E-state index is 5.72. The SMILES string of the molecule is CCc1c(CCN)cc(Br)c2c1OCCO2. The number of hydrogen-bond acceptors (Lipinski definition) is 3. The van der Waals surface area contributed by atoms with Crippen LogP contribution in [0.2, 0.25) is 0 Å². The standard InChI is InChI=1S/C12H16BrNO2/c1-2-9-8(3-4-14)7-10(13)12-11(9)15-5-6-16-12/h7H,2-6,14H2,1H3. The summed E-state index contributed by atoms with van der Waals surface area (Å²) in [5.74, 6) is 1.73. The molecule has 16 heavy (non-hydrogen) atoms. The lowest BCUT2D eigenvalue weighted by molar-refractivity contribution is 0.168. The van der Waals surface area contributed by atoms with E-state index in [1.807, 2.05) is 0 Å². The van der Waals surface area contributed by atoms with Crippen molar-refractivity contribution >= 4 is 15.9 Å². The second-order valence-corrected chi connectivity index (χ2v) is 4.60. The van der Waals surface area contributed by atoms with Crippen LogP contribution < -0.4 is 15.2 Å². The molecule has 0 bridgehead atoms. The van der Waals surface area contributed by atoms with Crippen LogP contribution in [0, 0.1) is 0 Å². The monoisotopic (exact) mass is 285 g/mol. The molecule has 0 saturated heterocycles. The lowest BCUT2D eigenvalue weighted by Gasteiger charge is -2.24.